The molecule has 0 aliphatic rings. The fourth-order valence-corrected chi connectivity index (χ4v) is 2.06. The molecule has 21 heavy (non-hydrogen) atoms. The highest BCUT2D eigenvalue weighted by atomic mass is 35.5. The Labute approximate surface area is 130 Å². The van der Waals surface area contributed by atoms with E-state index >= 15 is 0 Å². The highest BCUT2D eigenvalue weighted by molar-refractivity contribution is 6.32. The van der Waals surface area contributed by atoms with Crippen LogP contribution in [0, 0.1) is 0 Å². The summed E-state index contributed by atoms with van der Waals surface area (Å²) in [6, 6.07) is 15.1. The summed E-state index contributed by atoms with van der Waals surface area (Å²) >= 11 is 6.01. The van der Waals surface area contributed by atoms with E-state index < -0.39 is 0 Å². The number of hydrogen-bond acceptors (Lipinski definition) is 3. The van der Waals surface area contributed by atoms with Crippen LogP contribution in [0.25, 0.3) is 0 Å². The lowest BCUT2D eigenvalue weighted by Gasteiger charge is -2.10. The van der Waals surface area contributed by atoms with Crippen LogP contribution < -0.4 is 14.2 Å². The zero-order chi connectivity index (χ0) is 14.9. The Bertz CT molecular complexity index is 557. The first-order chi connectivity index (χ1) is 10.3. The SMILES string of the molecule is COc1ccccc1OCCCCOc1ccccc1Cl. The number of benzene rings is 2. The van der Waals surface area contributed by atoms with Crippen molar-refractivity contribution in [3.05, 3.63) is 53.6 Å². The van der Waals surface area contributed by atoms with Gasteiger partial charge in [0.1, 0.15) is 5.75 Å². The Morgan fingerprint density at radius 1 is 0.762 bits per heavy atom. The van der Waals surface area contributed by atoms with Crippen LogP contribution in [0.3, 0.4) is 0 Å². The molecule has 3 nitrogen and oxygen atoms in total. The standard InChI is InChI=1S/C17H19ClO3/c1-19-16-10-4-5-11-17(16)21-13-7-6-12-20-15-9-3-2-8-14(15)18/h2-5,8-11H,6-7,12-13H2,1H3. The lowest BCUT2D eigenvalue weighted by Crippen LogP contribution is -2.03. The van der Waals surface area contributed by atoms with Crippen LogP contribution in [0.1, 0.15) is 12.8 Å². The van der Waals surface area contributed by atoms with E-state index in [-0.39, 0.29) is 0 Å². The van der Waals surface area contributed by atoms with Crippen molar-refractivity contribution in [3.63, 3.8) is 0 Å². The molecule has 0 heterocycles. The van der Waals surface area contributed by atoms with Crippen molar-refractivity contribution in [1.82, 2.24) is 0 Å². The Morgan fingerprint density at radius 3 is 1.90 bits per heavy atom. The highest BCUT2D eigenvalue weighted by Crippen LogP contribution is 2.26. The lowest BCUT2D eigenvalue weighted by molar-refractivity contribution is 0.258. The van der Waals surface area contributed by atoms with E-state index in [0.717, 1.165) is 30.1 Å². The van der Waals surface area contributed by atoms with Crippen LogP contribution in [-0.2, 0) is 0 Å². The summed E-state index contributed by atoms with van der Waals surface area (Å²) in [6.45, 7) is 1.26. The third kappa shape index (κ3) is 4.87. The van der Waals surface area contributed by atoms with Gasteiger partial charge in [-0.2, -0.15) is 0 Å². The normalized spacial score (nSPS) is 10.2. The molecule has 0 aromatic heterocycles. The third-order valence-corrected chi connectivity index (χ3v) is 3.27. The van der Waals surface area contributed by atoms with Crippen LogP contribution in [0.2, 0.25) is 5.02 Å². The van der Waals surface area contributed by atoms with Gasteiger partial charge in [0.25, 0.3) is 0 Å². The van der Waals surface area contributed by atoms with Gasteiger partial charge in [-0.15, -0.1) is 0 Å². The molecule has 0 saturated heterocycles. The molecule has 2 aromatic rings. The maximum absolute atomic E-state index is 6.01. The monoisotopic (exact) mass is 306 g/mol. The number of ether oxygens (including phenoxy) is 3. The average Bonchev–Trinajstić information content (AvgIpc) is 2.52. The van der Waals surface area contributed by atoms with Crippen molar-refractivity contribution in [2.45, 2.75) is 12.8 Å². The first-order valence-corrected chi connectivity index (χ1v) is 7.32. The summed E-state index contributed by atoms with van der Waals surface area (Å²) < 4.78 is 16.5. The van der Waals surface area contributed by atoms with Crippen molar-refractivity contribution in [1.29, 1.82) is 0 Å². The molecular weight excluding hydrogens is 288 g/mol. The molecule has 0 unspecified atom stereocenters. The van der Waals surface area contributed by atoms with Gasteiger partial charge in [0.15, 0.2) is 11.5 Å². The van der Waals surface area contributed by atoms with Gasteiger partial charge in [0.2, 0.25) is 0 Å². The van der Waals surface area contributed by atoms with E-state index in [1.165, 1.54) is 0 Å². The topological polar surface area (TPSA) is 27.7 Å². The van der Waals surface area contributed by atoms with Crippen LogP contribution in [-0.4, -0.2) is 20.3 Å². The first-order valence-electron chi connectivity index (χ1n) is 6.94. The molecule has 0 radical (unpaired) electrons. The molecule has 4 heteroatoms. The number of halogens is 1. The Hall–Kier alpha value is -1.87. The molecule has 0 atom stereocenters. The predicted molar refractivity (Wildman–Crippen MR) is 84.7 cm³/mol. The number of hydrogen-bond donors (Lipinski definition) is 0. The van der Waals surface area contributed by atoms with Gasteiger partial charge in [-0.3, -0.25) is 0 Å². The molecule has 0 bridgehead atoms. The van der Waals surface area contributed by atoms with E-state index in [1.54, 1.807) is 7.11 Å². The van der Waals surface area contributed by atoms with Gasteiger partial charge < -0.3 is 14.2 Å². The second-order valence-electron chi connectivity index (χ2n) is 4.49. The van der Waals surface area contributed by atoms with Gasteiger partial charge in [0.05, 0.1) is 25.3 Å². The molecule has 112 valence electrons. The van der Waals surface area contributed by atoms with E-state index in [2.05, 4.69) is 0 Å². The Balaban J connectivity index is 1.65. The minimum atomic E-state index is 0.624. The minimum absolute atomic E-state index is 0.624. The maximum Gasteiger partial charge on any atom is 0.161 e. The highest BCUT2D eigenvalue weighted by Gasteiger charge is 2.02. The van der Waals surface area contributed by atoms with E-state index in [9.17, 15) is 0 Å². The molecule has 0 saturated carbocycles. The largest absolute Gasteiger partial charge is 0.493 e. The van der Waals surface area contributed by atoms with Crippen molar-refractivity contribution in [2.24, 2.45) is 0 Å². The van der Waals surface area contributed by atoms with E-state index in [0.29, 0.717) is 18.2 Å². The van der Waals surface area contributed by atoms with Crippen molar-refractivity contribution in [3.8, 4) is 17.2 Å². The van der Waals surface area contributed by atoms with Crippen LogP contribution in [0.5, 0.6) is 17.2 Å². The average molecular weight is 307 g/mol. The fourth-order valence-electron chi connectivity index (χ4n) is 1.87. The fraction of sp³-hybridized carbons (Fsp3) is 0.294. The van der Waals surface area contributed by atoms with Gasteiger partial charge in [-0.05, 0) is 37.1 Å². The van der Waals surface area contributed by atoms with Gasteiger partial charge in [0, 0.05) is 0 Å². The molecule has 0 fully saturated rings. The van der Waals surface area contributed by atoms with Crippen LogP contribution >= 0.6 is 11.6 Å². The summed E-state index contributed by atoms with van der Waals surface area (Å²) in [5.74, 6) is 2.25. The minimum Gasteiger partial charge on any atom is -0.493 e. The smallest absolute Gasteiger partial charge is 0.161 e. The number of rotatable bonds is 8. The molecular formula is C17H19ClO3. The summed E-state index contributed by atoms with van der Waals surface area (Å²) in [5.41, 5.74) is 0. The number of unbranched alkanes of at least 4 members (excludes halogenated alkanes) is 1. The quantitative estimate of drug-likeness (QED) is 0.668. The molecule has 2 aromatic carbocycles. The third-order valence-electron chi connectivity index (χ3n) is 2.96. The van der Waals surface area contributed by atoms with Gasteiger partial charge in [-0.1, -0.05) is 35.9 Å². The van der Waals surface area contributed by atoms with Crippen molar-refractivity contribution < 1.29 is 14.2 Å². The number of para-hydroxylation sites is 3. The van der Waals surface area contributed by atoms with Crippen molar-refractivity contribution in [2.75, 3.05) is 20.3 Å². The first kappa shape index (κ1) is 15.5. The lowest BCUT2D eigenvalue weighted by atomic mass is 10.3. The number of methoxy groups -OCH3 is 1. The zero-order valence-corrected chi connectivity index (χ0v) is 12.8. The zero-order valence-electron chi connectivity index (χ0n) is 12.0. The predicted octanol–water partition coefficient (Wildman–Crippen LogP) is 4.59. The maximum atomic E-state index is 6.01. The molecule has 0 aliphatic carbocycles. The molecule has 0 N–H and O–H groups in total. The summed E-state index contributed by atoms with van der Waals surface area (Å²) in [6.07, 6.45) is 1.81. The summed E-state index contributed by atoms with van der Waals surface area (Å²) in [5, 5.41) is 0.641. The molecule has 0 amide bonds. The molecule has 2 rings (SSSR count). The van der Waals surface area contributed by atoms with Crippen molar-refractivity contribution >= 4 is 11.6 Å². The van der Waals surface area contributed by atoms with Gasteiger partial charge >= 0.3 is 0 Å². The second kappa shape index (κ2) is 8.42. The second-order valence-corrected chi connectivity index (χ2v) is 4.89. The van der Waals surface area contributed by atoms with Crippen LogP contribution in [0.4, 0.5) is 0 Å². The van der Waals surface area contributed by atoms with Crippen LogP contribution in [0.15, 0.2) is 48.5 Å². The van der Waals surface area contributed by atoms with E-state index in [4.69, 9.17) is 25.8 Å². The molecule has 0 aliphatic heterocycles. The summed E-state index contributed by atoms with van der Waals surface area (Å²) in [7, 11) is 1.64. The summed E-state index contributed by atoms with van der Waals surface area (Å²) in [4.78, 5) is 0. The van der Waals surface area contributed by atoms with Gasteiger partial charge in [-0.25, -0.2) is 0 Å². The molecule has 0 spiro atoms. The Morgan fingerprint density at radius 2 is 1.29 bits per heavy atom. The Kier molecular flexibility index (Phi) is 6.22. The van der Waals surface area contributed by atoms with E-state index in [1.807, 2.05) is 48.5 Å².